The molecule has 0 radical (unpaired) electrons. The van der Waals surface area contributed by atoms with Crippen molar-refractivity contribution in [2.45, 2.75) is 83.3 Å². The van der Waals surface area contributed by atoms with Crippen LogP contribution >= 0.6 is 11.8 Å². The summed E-state index contributed by atoms with van der Waals surface area (Å²) in [5.41, 5.74) is 3.92. The van der Waals surface area contributed by atoms with E-state index in [2.05, 4.69) is 48.5 Å². The summed E-state index contributed by atoms with van der Waals surface area (Å²) in [6, 6.07) is 19.1. The molecule has 1 atom stereocenters. The Balaban J connectivity index is 1.81. The van der Waals surface area contributed by atoms with Crippen LogP contribution in [0.3, 0.4) is 0 Å². The van der Waals surface area contributed by atoms with E-state index in [1.54, 1.807) is 11.8 Å². The summed E-state index contributed by atoms with van der Waals surface area (Å²) in [6.45, 7) is 4.42. The SMILES string of the molecule is CCOC(=O)CCSC(CC(=O)OCC)c1ccccc1CCCCCCCCc1ccccc1. The Kier molecular flexibility index (Phi) is 14.9. The van der Waals surface area contributed by atoms with E-state index >= 15 is 0 Å². The van der Waals surface area contributed by atoms with Gasteiger partial charge < -0.3 is 9.47 Å². The molecule has 0 saturated carbocycles. The van der Waals surface area contributed by atoms with E-state index in [-0.39, 0.29) is 17.2 Å². The number of ether oxygens (including phenoxy) is 2. The van der Waals surface area contributed by atoms with E-state index in [0.717, 1.165) is 12.8 Å². The quantitative estimate of drug-likeness (QED) is 0.157. The van der Waals surface area contributed by atoms with Gasteiger partial charge in [-0.25, -0.2) is 0 Å². The number of carbonyl (C=O) groups excluding carboxylic acids is 2. The molecular weight excluding hydrogens is 456 g/mol. The van der Waals surface area contributed by atoms with Gasteiger partial charge in [0.15, 0.2) is 0 Å². The molecule has 5 heteroatoms. The summed E-state index contributed by atoms with van der Waals surface area (Å²) in [5, 5.41) is -0.0161. The van der Waals surface area contributed by atoms with Gasteiger partial charge >= 0.3 is 11.9 Å². The standard InChI is InChI=1S/C30H42O4S/c1-3-33-29(31)22-23-35-28(24-30(32)34-4-2)27-21-15-14-20-26(27)19-13-8-6-5-7-10-16-25-17-11-9-12-18-25/h9,11-12,14-15,17-18,20-21,28H,3-8,10,13,16,19,22-24H2,1-2H3. The summed E-state index contributed by atoms with van der Waals surface area (Å²) >= 11 is 1.65. The van der Waals surface area contributed by atoms with Crippen LogP contribution in [-0.4, -0.2) is 30.9 Å². The fraction of sp³-hybridized carbons (Fsp3) is 0.533. The molecule has 192 valence electrons. The van der Waals surface area contributed by atoms with Gasteiger partial charge in [0.05, 0.1) is 26.1 Å². The van der Waals surface area contributed by atoms with Crippen molar-refractivity contribution < 1.29 is 19.1 Å². The largest absolute Gasteiger partial charge is 0.466 e. The molecule has 0 bridgehead atoms. The third-order valence-electron chi connectivity index (χ3n) is 5.99. The molecule has 35 heavy (non-hydrogen) atoms. The normalized spacial score (nSPS) is 11.7. The van der Waals surface area contributed by atoms with Crippen molar-refractivity contribution in [1.29, 1.82) is 0 Å². The van der Waals surface area contributed by atoms with Crippen LogP contribution in [0, 0.1) is 0 Å². The van der Waals surface area contributed by atoms with Crippen molar-refractivity contribution in [2.24, 2.45) is 0 Å². The molecule has 0 aliphatic rings. The number of rotatable bonds is 18. The van der Waals surface area contributed by atoms with Crippen molar-refractivity contribution in [1.82, 2.24) is 0 Å². The molecule has 2 aromatic carbocycles. The first kappa shape index (κ1) is 29.0. The van der Waals surface area contributed by atoms with Gasteiger partial charge in [0, 0.05) is 11.0 Å². The summed E-state index contributed by atoms with van der Waals surface area (Å²) < 4.78 is 10.3. The molecule has 0 N–H and O–H groups in total. The predicted octanol–water partition coefficient (Wildman–Crippen LogP) is 7.49. The van der Waals surface area contributed by atoms with Crippen LogP contribution in [0.1, 0.15) is 87.2 Å². The zero-order chi connectivity index (χ0) is 25.1. The Labute approximate surface area is 216 Å². The van der Waals surface area contributed by atoms with Gasteiger partial charge in [0.1, 0.15) is 0 Å². The van der Waals surface area contributed by atoms with Gasteiger partial charge in [-0.15, -0.1) is 0 Å². The minimum Gasteiger partial charge on any atom is -0.466 e. The molecule has 0 aliphatic carbocycles. The minimum atomic E-state index is -0.188. The molecule has 2 rings (SSSR count). The molecule has 0 aromatic heterocycles. The highest BCUT2D eigenvalue weighted by molar-refractivity contribution is 7.99. The summed E-state index contributed by atoms with van der Waals surface area (Å²) in [5.74, 6) is 0.249. The fourth-order valence-electron chi connectivity index (χ4n) is 4.22. The number of hydrogen-bond acceptors (Lipinski definition) is 5. The van der Waals surface area contributed by atoms with Crippen LogP contribution in [0.25, 0.3) is 0 Å². The van der Waals surface area contributed by atoms with Gasteiger partial charge in [-0.3, -0.25) is 9.59 Å². The lowest BCUT2D eigenvalue weighted by Gasteiger charge is -2.20. The van der Waals surface area contributed by atoms with Gasteiger partial charge in [-0.05, 0) is 56.2 Å². The number of unbranched alkanes of at least 4 members (excludes halogenated alkanes) is 5. The Morgan fingerprint density at radius 1 is 0.743 bits per heavy atom. The van der Waals surface area contributed by atoms with Crippen LogP contribution in [0.5, 0.6) is 0 Å². The molecule has 0 saturated heterocycles. The zero-order valence-corrected chi connectivity index (χ0v) is 22.3. The fourth-order valence-corrected chi connectivity index (χ4v) is 5.45. The maximum absolute atomic E-state index is 12.3. The molecule has 0 spiro atoms. The van der Waals surface area contributed by atoms with Gasteiger partial charge in [-0.2, -0.15) is 11.8 Å². The van der Waals surface area contributed by atoms with E-state index in [1.807, 2.05) is 19.9 Å². The highest BCUT2D eigenvalue weighted by Gasteiger charge is 2.20. The molecular formula is C30H42O4S. The summed E-state index contributed by atoms with van der Waals surface area (Å²) in [4.78, 5) is 24.1. The average molecular weight is 499 g/mol. The maximum atomic E-state index is 12.3. The Bertz CT molecular complexity index is 852. The Hall–Kier alpha value is -2.27. The van der Waals surface area contributed by atoms with E-state index in [0.29, 0.717) is 31.8 Å². The maximum Gasteiger partial charge on any atom is 0.307 e. The second-order valence-corrected chi connectivity index (χ2v) is 10.0. The zero-order valence-electron chi connectivity index (χ0n) is 21.5. The van der Waals surface area contributed by atoms with Crippen LogP contribution in [-0.2, 0) is 31.9 Å². The molecule has 4 nitrogen and oxygen atoms in total. The van der Waals surface area contributed by atoms with E-state index in [9.17, 15) is 9.59 Å². The molecule has 0 heterocycles. The Morgan fingerprint density at radius 2 is 1.34 bits per heavy atom. The minimum absolute atomic E-state index is 0.0161. The molecule has 0 aliphatic heterocycles. The summed E-state index contributed by atoms with van der Waals surface area (Å²) in [6.07, 6.45) is 10.3. The second-order valence-electron chi connectivity index (χ2n) is 8.73. The molecule has 1 unspecified atom stereocenters. The monoisotopic (exact) mass is 498 g/mol. The first-order valence-corrected chi connectivity index (χ1v) is 14.2. The van der Waals surface area contributed by atoms with Crippen LogP contribution < -0.4 is 0 Å². The van der Waals surface area contributed by atoms with Crippen molar-refractivity contribution >= 4 is 23.7 Å². The lowest BCUT2D eigenvalue weighted by Crippen LogP contribution is -2.12. The number of carbonyl (C=O) groups is 2. The molecule has 2 aromatic rings. The topological polar surface area (TPSA) is 52.6 Å². The number of hydrogen-bond donors (Lipinski definition) is 0. The van der Waals surface area contributed by atoms with Crippen LogP contribution in [0.4, 0.5) is 0 Å². The van der Waals surface area contributed by atoms with E-state index in [4.69, 9.17) is 9.47 Å². The second kappa shape index (κ2) is 18.1. The predicted molar refractivity (Wildman–Crippen MR) is 146 cm³/mol. The smallest absolute Gasteiger partial charge is 0.307 e. The van der Waals surface area contributed by atoms with Crippen molar-refractivity contribution in [3.05, 3.63) is 71.3 Å². The van der Waals surface area contributed by atoms with Gasteiger partial charge in [0.2, 0.25) is 0 Å². The highest BCUT2D eigenvalue weighted by atomic mass is 32.2. The number of esters is 2. The molecule has 0 amide bonds. The molecule has 0 fully saturated rings. The average Bonchev–Trinajstić information content (AvgIpc) is 2.86. The number of benzene rings is 2. The first-order chi connectivity index (χ1) is 17.1. The van der Waals surface area contributed by atoms with Gasteiger partial charge in [0.25, 0.3) is 0 Å². The third kappa shape index (κ3) is 12.3. The van der Waals surface area contributed by atoms with Crippen molar-refractivity contribution in [2.75, 3.05) is 19.0 Å². The van der Waals surface area contributed by atoms with E-state index < -0.39 is 0 Å². The third-order valence-corrected chi connectivity index (χ3v) is 7.26. The van der Waals surface area contributed by atoms with E-state index in [1.165, 1.54) is 55.2 Å². The number of aryl methyl sites for hydroxylation is 2. The first-order valence-electron chi connectivity index (χ1n) is 13.2. The number of thioether (sulfide) groups is 1. The lowest BCUT2D eigenvalue weighted by atomic mass is 9.97. The Morgan fingerprint density at radius 3 is 2.06 bits per heavy atom. The lowest BCUT2D eigenvalue weighted by molar-refractivity contribution is -0.143. The van der Waals surface area contributed by atoms with Crippen LogP contribution in [0.15, 0.2) is 54.6 Å². The highest BCUT2D eigenvalue weighted by Crippen LogP contribution is 2.35. The van der Waals surface area contributed by atoms with Gasteiger partial charge in [-0.1, -0.05) is 80.3 Å². The van der Waals surface area contributed by atoms with Crippen LogP contribution in [0.2, 0.25) is 0 Å². The van der Waals surface area contributed by atoms with Crippen molar-refractivity contribution in [3.8, 4) is 0 Å². The van der Waals surface area contributed by atoms with Crippen molar-refractivity contribution in [3.63, 3.8) is 0 Å². The summed E-state index contributed by atoms with van der Waals surface area (Å²) in [7, 11) is 0.